The normalized spacial score (nSPS) is 15.4. The van der Waals surface area contributed by atoms with Crippen LogP contribution in [-0.4, -0.2) is 47.9 Å². The molecule has 1 atom stereocenters. The minimum Gasteiger partial charge on any atom is -0.352 e. The van der Waals surface area contributed by atoms with Crippen LogP contribution in [0.1, 0.15) is 36.1 Å². The van der Waals surface area contributed by atoms with E-state index in [1.807, 2.05) is 31.2 Å². The molecule has 10 heteroatoms. The summed E-state index contributed by atoms with van der Waals surface area (Å²) in [6.07, 6.45) is -3.64. The number of halogens is 4. The first-order valence-electron chi connectivity index (χ1n) is 10.1. The summed E-state index contributed by atoms with van der Waals surface area (Å²) in [6.45, 7) is 4.89. The van der Waals surface area contributed by atoms with Crippen LogP contribution in [0.25, 0.3) is 0 Å². The molecule has 2 amide bonds. The fourth-order valence-corrected chi connectivity index (χ4v) is 3.87. The summed E-state index contributed by atoms with van der Waals surface area (Å²) in [4.78, 5) is 31.9. The number of pyridine rings is 1. The highest BCUT2D eigenvalue weighted by molar-refractivity contribution is 6.33. The number of amides is 2. The zero-order valence-electron chi connectivity index (χ0n) is 17.7. The summed E-state index contributed by atoms with van der Waals surface area (Å²) >= 11 is 6.04. The topological polar surface area (TPSA) is 65.5 Å². The molecule has 0 bridgehead atoms. The average molecular weight is 469 g/mol. The van der Waals surface area contributed by atoms with Crippen molar-refractivity contribution in [2.75, 3.05) is 31.1 Å². The molecule has 2 heterocycles. The molecule has 172 valence electrons. The van der Waals surface area contributed by atoms with Gasteiger partial charge in [0.1, 0.15) is 5.82 Å². The van der Waals surface area contributed by atoms with Crippen LogP contribution in [0, 0.1) is 6.92 Å². The van der Waals surface area contributed by atoms with Gasteiger partial charge in [-0.2, -0.15) is 13.2 Å². The van der Waals surface area contributed by atoms with E-state index in [4.69, 9.17) is 11.6 Å². The predicted molar refractivity (Wildman–Crippen MR) is 115 cm³/mol. The van der Waals surface area contributed by atoms with E-state index >= 15 is 0 Å². The number of rotatable bonds is 5. The predicted octanol–water partition coefficient (Wildman–Crippen LogP) is 3.98. The Labute approximate surface area is 189 Å². The number of benzene rings is 1. The van der Waals surface area contributed by atoms with E-state index in [-0.39, 0.29) is 29.1 Å². The molecule has 1 aromatic heterocycles. The lowest BCUT2D eigenvalue weighted by Crippen LogP contribution is -2.49. The summed E-state index contributed by atoms with van der Waals surface area (Å²) < 4.78 is 38.5. The zero-order chi connectivity index (χ0) is 23.5. The Bertz CT molecular complexity index is 974. The maximum atomic E-state index is 12.9. The third-order valence-electron chi connectivity index (χ3n) is 5.32. The molecular formula is C22H24ClF3N4O2. The van der Waals surface area contributed by atoms with E-state index in [1.54, 1.807) is 9.80 Å². The summed E-state index contributed by atoms with van der Waals surface area (Å²) in [6, 6.07) is 8.05. The molecule has 1 N–H and O–H groups in total. The number of nitrogens with zero attached hydrogens (tertiary/aromatic N) is 3. The van der Waals surface area contributed by atoms with E-state index < -0.39 is 17.8 Å². The van der Waals surface area contributed by atoms with Gasteiger partial charge in [-0.05, 0) is 18.6 Å². The minimum absolute atomic E-state index is 0.0790. The summed E-state index contributed by atoms with van der Waals surface area (Å²) in [5.41, 5.74) is 1.02. The summed E-state index contributed by atoms with van der Waals surface area (Å²) in [7, 11) is 0. The van der Waals surface area contributed by atoms with Crippen molar-refractivity contribution in [3.63, 3.8) is 0 Å². The van der Waals surface area contributed by atoms with E-state index in [2.05, 4.69) is 10.3 Å². The molecule has 1 unspecified atom stereocenters. The van der Waals surface area contributed by atoms with E-state index in [1.165, 1.54) is 6.92 Å². The Balaban J connectivity index is 1.63. The minimum atomic E-state index is -4.51. The van der Waals surface area contributed by atoms with Gasteiger partial charge in [0, 0.05) is 39.3 Å². The van der Waals surface area contributed by atoms with Gasteiger partial charge in [-0.15, -0.1) is 0 Å². The quantitative estimate of drug-likeness (QED) is 0.721. The van der Waals surface area contributed by atoms with Crippen LogP contribution in [0.2, 0.25) is 5.02 Å². The van der Waals surface area contributed by atoms with Gasteiger partial charge in [0.15, 0.2) is 0 Å². The number of anilines is 1. The van der Waals surface area contributed by atoms with Gasteiger partial charge in [0.25, 0.3) is 0 Å². The fraction of sp³-hybridized carbons (Fsp3) is 0.409. The SMILES string of the molecule is CC(=O)NC(CC(=O)N1CCN(c2ncc(C(F)(F)F)cc2Cl)CC1)c1ccc(C)cc1. The smallest absolute Gasteiger partial charge is 0.352 e. The molecular weight excluding hydrogens is 445 g/mol. The largest absolute Gasteiger partial charge is 0.417 e. The van der Waals surface area contributed by atoms with Gasteiger partial charge in [-0.3, -0.25) is 9.59 Å². The van der Waals surface area contributed by atoms with Gasteiger partial charge in [0.05, 0.1) is 23.0 Å². The number of carbonyl (C=O) groups is 2. The lowest BCUT2D eigenvalue weighted by Gasteiger charge is -2.36. The van der Waals surface area contributed by atoms with Crippen LogP contribution in [0.3, 0.4) is 0 Å². The monoisotopic (exact) mass is 468 g/mol. The fourth-order valence-electron chi connectivity index (χ4n) is 3.59. The molecule has 1 aliphatic heterocycles. The second kappa shape index (κ2) is 9.77. The second-order valence-electron chi connectivity index (χ2n) is 7.76. The molecule has 2 aromatic rings. The number of alkyl halides is 3. The third-order valence-corrected chi connectivity index (χ3v) is 5.60. The molecule has 1 aromatic carbocycles. The highest BCUT2D eigenvalue weighted by Crippen LogP contribution is 2.33. The highest BCUT2D eigenvalue weighted by atomic mass is 35.5. The lowest BCUT2D eigenvalue weighted by molar-refractivity contribution is -0.138. The van der Waals surface area contributed by atoms with Crippen molar-refractivity contribution in [3.8, 4) is 0 Å². The number of hydrogen-bond donors (Lipinski definition) is 1. The van der Waals surface area contributed by atoms with Crippen molar-refractivity contribution in [1.82, 2.24) is 15.2 Å². The molecule has 1 aliphatic rings. The molecule has 0 saturated carbocycles. The van der Waals surface area contributed by atoms with Crippen molar-refractivity contribution in [2.45, 2.75) is 32.5 Å². The van der Waals surface area contributed by atoms with E-state index in [0.717, 1.165) is 23.4 Å². The summed E-state index contributed by atoms with van der Waals surface area (Å²) in [5.74, 6) is -0.0748. The van der Waals surface area contributed by atoms with Gasteiger partial charge < -0.3 is 15.1 Å². The highest BCUT2D eigenvalue weighted by Gasteiger charge is 2.32. The van der Waals surface area contributed by atoms with E-state index in [9.17, 15) is 22.8 Å². The van der Waals surface area contributed by atoms with Crippen LogP contribution >= 0.6 is 11.6 Å². The van der Waals surface area contributed by atoms with Gasteiger partial charge >= 0.3 is 6.18 Å². The molecule has 1 fully saturated rings. The van der Waals surface area contributed by atoms with Gasteiger partial charge in [-0.25, -0.2) is 4.98 Å². The average Bonchev–Trinajstić information content (AvgIpc) is 2.73. The Morgan fingerprint density at radius 1 is 1.16 bits per heavy atom. The maximum absolute atomic E-state index is 12.9. The van der Waals surface area contributed by atoms with Crippen molar-refractivity contribution in [1.29, 1.82) is 0 Å². The van der Waals surface area contributed by atoms with Crippen molar-refractivity contribution in [3.05, 3.63) is 58.2 Å². The molecule has 3 rings (SSSR count). The number of aryl methyl sites for hydroxylation is 1. The molecule has 0 spiro atoms. The summed E-state index contributed by atoms with van der Waals surface area (Å²) in [5, 5.41) is 2.75. The van der Waals surface area contributed by atoms with Gasteiger partial charge in [-0.1, -0.05) is 41.4 Å². The number of piperazine rings is 1. The molecule has 6 nitrogen and oxygen atoms in total. The Morgan fingerprint density at radius 3 is 2.31 bits per heavy atom. The van der Waals surface area contributed by atoms with Crippen molar-refractivity contribution >= 4 is 29.2 Å². The molecule has 32 heavy (non-hydrogen) atoms. The number of aromatic nitrogens is 1. The molecule has 1 saturated heterocycles. The molecule has 0 radical (unpaired) electrons. The molecule has 0 aliphatic carbocycles. The third kappa shape index (κ3) is 5.91. The number of hydrogen-bond acceptors (Lipinski definition) is 4. The lowest BCUT2D eigenvalue weighted by atomic mass is 10.0. The first-order valence-corrected chi connectivity index (χ1v) is 10.5. The zero-order valence-corrected chi connectivity index (χ0v) is 18.5. The first-order chi connectivity index (χ1) is 15.0. The number of nitrogens with one attached hydrogen (secondary N) is 1. The second-order valence-corrected chi connectivity index (χ2v) is 8.17. The maximum Gasteiger partial charge on any atom is 0.417 e. The first kappa shape index (κ1) is 23.8. The van der Waals surface area contributed by atoms with Crippen LogP contribution < -0.4 is 10.2 Å². The Hall–Kier alpha value is -2.81. The Kier molecular flexibility index (Phi) is 7.28. The standard InChI is InChI=1S/C22H24ClF3N4O2/c1-14-3-5-16(6-4-14)19(28-15(2)31)12-20(32)29-7-9-30(10-8-29)21-18(23)11-17(13-27-21)22(24,25)26/h3-6,11,13,19H,7-10,12H2,1-2H3,(H,28,31). The van der Waals surface area contributed by atoms with Crippen molar-refractivity contribution < 1.29 is 22.8 Å². The number of carbonyl (C=O) groups excluding carboxylic acids is 2. The van der Waals surface area contributed by atoms with E-state index in [0.29, 0.717) is 26.2 Å². The van der Waals surface area contributed by atoms with Gasteiger partial charge in [0.2, 0.25) is 11.8 Å². The van der Waals surface area contributed by atoms with Crippen molar-refractivity contribution in [2.24, 2.45) is 0 Å². The van der Waals surface area contributed by atoms with Crippen LogP contribution in [0.4, 0.5) is 19.0 Å². The Morgan fingerprint density at radius 2 is 1.78 bits per heavy atom. The van der Waals surface area contributed by atoms with Crippen LogP contribution in [0.15, 0.2) is 36.5 Å². The van der Waals surface area contributed by atoms with Crippen LogP contribution in [0.5, 0.6) is 0 Å². The van der Waals surface area contributed by atoms with Crippen LogP contribution in [-0.2, 0) is 15.8 Å².